The van der Waals surface area contributed by atoms with Crippen molar-refractivity contribution in [1.82, 2.24) is 4.98 Å². The van der Waals surface area contributed by atoms with Crippen molar-refractivity contribution >= 4 is 0 Å². The molecule has 0 spiro atoms. The Hall–Kier alpha value is -1.70. The van der Waals surface area contributed by atoms with Crippen LogP contribution in [0.25, 0.3) is 11.1 Å². The van der Waals surface area contributed by atoms with Gasteiger partial charge in [0.15, 0.2) is 0 Å². The van der Waals surface area contributed by atoms with Gasteiger partial charge in [0.05, 0.1) is 6.20 Å². The summed E-state index contributed by atoms with van der Waals surface area (Å²) in [6, 6.07) is 10.2. The standard InChI is InChI=1S/C12H9FN/c1-9-3-2-4-10(5-9)11-6-12(13)8-14-7-11/h3-8H,1H3. The third kappa shape index (κ3) is 1.79. The number of halogens is 1. The number of aryl methyl sites for hydroxylation is 1. The highest BCUT2D eigenvalue weighted by molar-refractivity contribution is 5.62. The first kappa shape index (κ1) is 8.88. The van der Waals surface area contributed by atoms with Gasteiger partial charge >= 0.3 is 0 Å². The minimum atomic E-state index is -0.316. The van der Waals surface area contributed by atoms with Crippen LogP contribution >= 0.6 is 0 Å². The van der Waals surface area contributed by atoms with Gasteiger partial charge in [-0.2, -0.15) is 0 Å². The van der Waals surface area contributed by atoms with Crippen molar-refractivity contribution in [2.45, 2.75) is 6.92 Å². The van der Waals surface area contributed by atoms with E-state index in [9.17, 15) is 4.39 Å². The van der Waals surface area contributed by atoms with Crippen molar-refractivity contribution < 1.29 is 4.39 Å². The molecule has 2 aromatic rings. The molecule has 1 aromatic heterocycles. The topological polar surface area (TPSA) is 12.9 Å². The lowest BCUT2D eigenvalue weighted by Crippen LogP contribution is -1.83. The molecule has 69 valence electrons. The molecule has 0 aliphatic heterocycles. The number of hydrogen-bond donors (Lipinski definition) is 0. The molecule has 1 radical (unpaired) electrons. The lowest BCUT2D eigenvalue weighted by Gasteiger charge is -2.01. The Morgan fingerprint density at radius 2 is 2.00 bits per heavy atom. The normalized spacial score (nSPS) is 10.1. The highest BCUT2D eigenvalue weighted by atomic mass is 19.1. The molecule has 0 fully saturated rings. The summed E-state index contributed by atoms with van der Waals surface area (Å²) in [5, 5.41) is 0. The predicted molar refractivity (Wildman–Crippen MR) is 53.2 cm³/mol. The van der Waals surface area contributed by atoms with Crippen LogP contribution in [-0.2, 0) is 0 Å². The molecular formula is C12H9FN. The molecule has 0 aliphatic rings. The molecule has 0 unspecified atom stereocenters. The molecule has 0 N–H and O–H groups in total. The Labute approximate surface area is 82.2 Å². The molecular weight excluding hydrogens is 177 g/mol. The molecule has 0 atom stereocenters. The van der Waals surface area contributed by atoms with E-state index in [1.54, 1.807) is 6.20 Å². The fourth-order valence-corrected chi connectivity index (χ4v) is 1.33. The Bertz CT molecular complexity index is 408. The predicted octanol–water partition coefficient (Wildman–Crippen LogP) is 3.00. The van der Waals surface area contributed by atoms with E-state index in [4.69, 9.17) is 0 Å². The highest BCUT2D eigenvalue weighted by Crippen LogP contribution is 2.19. The maximum absolute atomic E-state index is 12.9. The van der Waals surface area contributed by atoms with E-state index in [2.05, 4.69) is 11.1 Å². The summed E-state index contributed by atoms with van der Waals surface area (Å²) in [6.45, 7) is 1.98. The second kappa shape index (κ2) is 3.58. The first-order chi connectivity index (χ1) is 6.75. The van der Waals surface area contributed by atoms with Crippen molar-refractivity contribution in [2.75, 3.05) is 0 Å². The van der Waals surface area contributed by atoms with Crippen molar-refractivity contribution in [3.8, 4) is 11.1 Å². The smallest absolute Gasteiger partial charge is 0.142 e. The molecule has 0 aliphatic carbocycles. The van der Waals surface area contributed by atoms with Crippen LogP contribution in [-0.4, -0.2) is 4.98 Å². The second-order valence-corrected chi connectivity index (χ2v) is 3.19. The number of rotatable bonds is 1. The van der Waals surface area contributed by atoms with Gasteiger partial charge in [0.1, 0.15) is 5.82 Å². The van der Waals surface area contributed by atoms with Gasteiger partial charge in [0, 0.05) is 11.8 Å². The van der Waals surface area contributed by atoms with Crippen molar-refractivity contribution in [3.63, 3.8) is 0 Å². The lowest BCUT2D eigenvalue weighted by molar-refractivity contribution is 0.622. The average Bonchev–Trinajstić information content (AvgIpc) is 2.18. The van der Waals surface area contributed by atoms with Gasteiger partial charge in [-0.1, -0.05) is 12.1 Å². The maximum atomic E-state index is 12.9. The molecule has 0 bridgehead atoms. The van der Waals surface area contributed by atoms with E-state index in [1.165, 1.54) is 12.3 Å². The van der Waals surface area contributed by atoms with Gasteiger partial charge in [-0.3, -0.25) is 4.98 Å². The van der Waals surface area contributed by atoms with Gasteiger partial charge in [-0.15, -0.1) is 0 Å². The molecule has 1 nitrogen and oxygen atoms in total. The first-order valence-electron chi connectivity index (χ1n) is 4.34. The quantitative estimate of drug-likeness (QED) is 0.667. The van der Waals surface area contributed by atoms with Gasteiger partial charge in [-0.25, -0.2) is 4.39 Å². The number of hydrogen-bond acceptors (Lipinski definition) is 1. The fraction of sp³-hybridized carbons (Fsp3) is 0.0833. The summed E-state index contributed by atoms with van der Waals surface area (Å²) in [5.74, 6) is -0.316. The highest BCUT2D eigenvalue weighted by Gasteiger charge is 1.99. The van der Waals surface area contributed by atoms with Crippen LogP contribution in [0.1, 0.15) is 5.56 Å². The molecule has 1 aromatic carbocycles. The van der Waals surface area contributed by atoms with E-state index in [0.717, 1.165) is 16.7 Å². The van der Waals surface area contributed by atoms with Gasteiger partial charge < -0.3 is 0 Å². The summed E-state index contributed by atoms with van der Waals surface area (Å²) in [6.07, 6.45) is 2.84. The monoisotopic (exact) mass is 186 g/mol. The molecule has 0 saturated heterocycles. The summed E-state index contributed by atoms with van der Waals surface area (Å²) in [4.78, 5) is 3.80. The molecule has 14 heavy (non-hydrogen) atoms. The summed E-state index contributed by atoms with van der Waals surface area (Å²) < 4.78 is 12.9. The van der Waals surface area contributed by atoms with Crippen LogP contribution in [0.5, 0.6) is 0 Å². The third-order valence-corrected chi connectivity index (χ3v) is 1.97. The molecule has 2 heteroatoms. The maximum Gasteiger partial charge on any atom is 0.142 e. The Morgan fingerprint density at radius 1 is 1.14 bits per heavy atom. The van der Waals surface area contributed by atoms with Crippen LogP contribution in [0, 0.1) is 18.8 Å². The van der Waals surface area contributed by atoms with E-state index >= 15 is 0 Å². The number of aromatic nitrogens is 1. The Balaban J connectivity index is 2.49. The SMILES string of the molecule is Cc1c[c]cc(-c2cncc(F)c2)c1. The van der Waals surface area contributed by atoms with Crippen molar-refractivity contribution in [3.05, 3.63) is 54.1 Å². The number of nitrogens with zero attached hydrogens (tertiary/aromatic N) is 1. The van der Waals surface area contributed by atoms with Crippen LogP contribution in [0.15, 0.2) is 36.7 Å². The minimum absolute atomic E-state index is 0.316. The summed E-state index contributed by atoms with van der Waals surface area (Å²) in [7, 11) is 0. The van der Waals surface area contributed by atoms with Crippen molar-refractivity contribution in [1.29, 1.82) is 0 Å². The average molecular weight is 186 g/mol. The van der Waals surface area contributed by atoms with Crippen LogP contribution in [0.4, 0.5) is 4.39 Å². The van der Waals surface area contributed by atoms with Gasteiger partial charge in [0.25, 0.3) is 0 Å². The van der Waals surface area contributed by atoms with E-state index in [-0.39, 0.29) is 5.82 Å². The van der Waals surface area contributed by atoms with E-state index in [1.807, 2.05) is 25.1 Å². The third-order valence-electron chi connectivity index (χ3n) is 1.97. The van der Waals surface area contributed by atoms with E-state index < -0.39 is 0 Å². The van der Waals surface area contributed by atoms with Crippen molar-refractivity contribution in [2.24, 2.45) is 0 Å². The van der Waals surface area contributed by atoms with Crippen LogP contribution in [0.2, 0.25) is 0 Å². The van der Waals surface area contributed by atoms with E-state index in [0.29, 0.717) is 0 Å². The van der Waals surface area contributed by atoms with Gasteiger partial charge in [0.2, 0.25) is 0 Å². The number of benzene rings is 1. The molecule has 2 rings (SSSR count). The number of pyridine rings is 1. The zero-order chi connectivity index (χ0) is 9.97. The summed E-state index contributed by atoms with van der Waals surface area (Å²) >= 11 is 0. The first-order valence-corrected chi connectivity index (χ1v) is 4.34. The van der Waals surface area contributed by atoms with Crippen LogP contribution < -0.4 is 0 Å². The lowest BCUT2D eigenvalue weighted by atomic mass is 10.1. The van der Waals surface area contributed by atoms with Gasteiger partial charge in [-0.05, 0) is 36.2 Å². The molecule has 0 amide bonds. The molecule has 0 saturated carbocycles. The Kier molecular flexibility index (Phi) is 2.27. The largest absolute Gasteiger partial charge is 0.261 e. The summed E-state index contributed by atoms with van der Waals surface area (Å²) in [5.41, 5.74) is 2.83. The second-order valence-electron chi connectivity index (χ2n) is 3.19. The minimum Gasteiger partial charge on any atom is -0.261 e. The Morgan fingerprint density at radius 3 is 2.71 bits per heavy atom. The zero-order valence-corrected chi connectivity index (χ0v) is 7.79. The van der Waals surface area contributed by atoms with Crippen LogP contribution in [0.3, 0.4) is 0 Å². The molecule has 1 heterocycles. The zero-order valence-electron chi connectivity index (χ0n) is 7.79. The fourth-order valence-electron chi connectivity index (χ4n) is 1.33.